The van der Waals surface area contributed by atoms with Gasteiger partial charge in [0, 0.05) is 0 Å². The first-order chi connectivity index (χ1) is 5.24. The quantitative estimate of drug-likeness (QED) is 0.468. The third-order valence-corrected chi connectivity index (χ3v) is 1.36. The molecule has 0 amide bonds. The fraction of sp³-hybridized carbons (Fsp3) is 0. The van der Waals surface area contributed by atoms with Gasteiger partial charge in [-0.3, -0.25) is 0 Å². The molecular formula is C9H7NaO2. The van der Waals surface area contributed by atoms with Crippen molar-refractivity contribution < 1.29 is 39.5 Å². The third-order valence-electron chi connectivity index (χ3n) is 1.36. The van der Waals surface area contributed by atoms with Gasteiger partial charge in [-0.1, -0.05) is 30.9 Å². The second-order valence-electron chi connectivity index (χ2n) is 2.12. The first kappa shape index (κ1) is 11.4. The zero-order chi connectivity index (χ0) is 8.27. The number of carbonyl (C=O) groups excluding carboxylic acids is 1. The van der Waals surface area contributed by atoms with E-state index in [9.17, 15) is 9.90 Å². The van der Waals surface area contributed by atoms with E-state index in [1.165, 1.54) is 12.1 Å². The second kappa shape index (κ2) is 5.14. The molecule has 0 saturated heterocycles. The zero-order valence-electron chi connectivity index (χ0n) is 6.91. The van der Waals surface area contributed by atoms with Gasteiger partial charge in [0.2, 0.25) is 0 Å². The van der Waals surface area contributed by atoms with E-state index in [4.69, 9.17) is 0 Å². The van der Waals surface area contributed by atoms with E-state index in [-0.39, 0.29) is 35.1 Å². The van der Waals surface area contributed by atoms with Crippen LogP contribution in [0.4, 0.5) is 0 Å². The maximum absolute atomic E-state index is 10.3. The molecule has 12 heavy (non-hydrogen) atoms. The number of aromatic carboxylic acids is 1. The van der Waals surface area contributed by atoms with Crippen molar-refractivity contribution in [1.82, 2.24) is 0 Å². The number of hydrogen-bond acceptors (Lipinski definition) is 2. The number of carboxylic acid groups (broad SMARTS) is 1. The molecule has 0 aromatic heterocycles. The monoisotopic (exact) mass is 170 g/mol. The van der Waals surface area contributed by atoms with E-state index in [2.05, 4.69) is 6.58 Å². The minimum absolute atomic E-state index is 0. The van der Waals surface area contributed by atoms with Crippen molar-refractivity contribution in [2.24, 2.45) is 0 Å². The Labute approximate surface area is 93.2 Å². The van der Waals surface area contributed by atoms with Gasteiger partial charge in [0.05, 0.1) is 5.97 Å². The van der Waals surface area contributed by atoms with Crippen molar-refractivity contribution in [1.29, 1.82) is 0 Å². The summed E-state index contributed by atoms with van der Waals surface area (Å²) in [5.41, 5.74) is 0.967. The fourth-order valence-corrected chi connectivity index (χ4v) is 0.793. The van der Waals surface area contributed by atoms with Crippen LogP contribution in [0.1, 0.15) is 15.9 Å². The van der Waals surface area contributed by atoms with E-state index in [1.54, 1.807) is 18.2 Å². The topological polar surface area (TPSA) is 40.1 Å². The van der Waals surface area contributed by atoms with E-state index < -0.39 is 5.97 Å². The summed E-state index contributed by atoms with van der Waals surface area (Å²) in [6, 6.07) is 6.44. The molecule has 0 heterocycles. The molecule has 1 rings (SSSR count). The Hall–Kier alpha value is -0.570. The maximum Gasteiger partial charge on any atom is 1.00 e. The molecule has 1 aromatic carbocycles. The van der Waals surface area contributed by atoms with Crippen LogP contribution in [0.25, 0.3) is 6.08 Å². The molecule has 0 spiro atoms. The average Bonchev–Trinajstić information content (AvgIpc) is 2.05. The number of rotatable bonds is 2. The van der Waals surface area contributed by atoms with Gasteiger partial charge in [-0.25, -0.2) is 0 Å². The van der Waals surface area contributed by atoms with Crippen molar-refractivity contribution in [2.45, 2.75) is 0 Å². The largest absolute Gasteiger partial charge is 1.00 e. The summed E-state index contributed by atoms with van der Waals surface area (Å²) in [4.78, 5) is 10.3. The van der Waals surface area contributed by atoms with E-state index in [0.717, 1.165) is 5.56 Å². The summed E-state index contributed by atoms with van der Waals surface area (Å²) in [6.07, 6.45) is 1.59. The molecule has 0 bridgehead atoms. The van der Waals surface area contributed by atoms with E-state index in [1.807, 2.05) is 0 Å². The summed E-state index contributed by atoms with van der Waals surface area (Å²) in [7, 11) is 0. The van der Waals surface area contributed by atoms with Crippen LogP contribution in [0.15, 0.2) is 30.8 Å². The van der Waals surface area contributed by atoms with Gasteiger partial charge >= 0.3 is 29.6 Å². The molecular weight excluding hydrogens is 163 g/mol. The van der Waals surface area contributed by atoms with Crippen LogP contribution in [0.3, 0.4) is 0 Å². The van der Waals surface area contributed by atoms with E-state index in [0.29, 0.717) is 0 Å². The van der Waals surface area contributed by atoms with Crippen LogP contribution in [0, 0.1) is 0 Å². The molecule has 0 saturated carbocycles. The third kappa shape index (κ3) is 2.81. The van der Waals surface area contributed by atoms with Crippen molar-refractivity contribution in [2.75, 3.05) is 0 Å². The Morgan fingerprint density at radius 1 is 1.50 bits per heavy atom. The summed E-state index contributed by atoms with van der Waals surface area (Å²) in [5.74, 6) is -1.16. The molecule has 3 heteroatoms. The van der Waals surface area contributed by atoms with Gasteiger partial charge < -0.3 is 9.90 Å². The molecule has 56 valence electrons. The van der Waals surface area contributed by atoms with Gasteiger partial charge in [-0.2, -0.15) is 0 Å². The number of carbonyl (C=O) groups is 1. The van der Waals surface area contributed by atoms with Gasteiger partial charge in [0.15, 0.2) is 0 Å². The van der Waals surface area contributed by atoms with Crippen LogP contribution in [-0.4, -0.2) is 5.97 Å². The number of hydrogen-bond donors (Lipinski definition) is 0. The molecule has 0 fully saturated rings. The van der Waals surface area contributed by atoms with Crippen LogP contribution in [-0.2, 0) is 0 Å². The summed E-state index contributed by atoms with van der Waals surface area (Å²) >= 11 is 0. The maximum atomic E-state index is 10.3. The molecule has 0 radical (unpaired) electrons. The summed E-state index contributed by atoms with van der Waals surface area (Å²) in [5, 5.41) is 10.3. The molecule has 0 aliphatic rings. The second-order valence-corrected chi connectivity index (χ2v) is 2.12. The molecule has 2 nitrogen and oxygen atoms in total. The van der Waals surface area contributed by atoms with Gasteiger partial charge in [0.25, 0.3) is 0 Å². The predicted octanol–water partition coefficient (Wildman–Crippen LogP) is -2.30. The van der Waals surface area contributed by atoms with Crippen molar-refractivity contribution in [3.05, 3.63) is 42.0 Å². The van der Waals surface area contributed by atoms with Gasteiger partial charge in [0.1, 0.15) is 0 Å². The zero-order valence-corrected chi connectivity index (χ0v) is 8.91. The van der Waals surface area contributed by atoms with Crippen LogP contribution < -0.4 is 34.7 Å². The Morgan fingerprint density at radius 3 is 2.67 bits per heavy atom. The Kier molecular flexibility index (Phi) is 4.90. The SMILES string of the molecule is C=Cc1cccc(C(=O)[O-])c1.[Na+]. The molecule has 0 aliphatic heterocycles. The van der Waals surface area contributed by atoms with Gasteiger partial charge in [-0.15, -0.1) is 0 Å². The van der Waals surface area contributed by atoms with Crippen LogP contribution >= 0.6 is 0 Å². The van der Waals surface area contributed by atoms with Crippen LogP contribution in [0.5, 0.6) is 0 Å². The molecule has 0 N–H and O–H groups in total. The summed E-state index contributed by atoms with van der Waals surface area (Å²) in [6.45, 7) is 3.52. The predicted molar refractivity (Wildman–Crippen MR) is 40.9 cm³/mol. The standard InChI is InChI=1S/C9H8O2.Na/c1-2-7-4-3-5-8(6-7)9(10)11;/h2-6H,1H2,(H,10,11);/q;+1/p-1. The average molecular weight is 170 g/mol. The Morgan fingerprint density at radius 2 is 2.17 bits per heavy atom. The normalized spacial score (nSPS) is 8.33. The van der Waals surface area contributed by atoms with E-state index >= 15 is 0 Å². The smallest absolute Gasteiger partial charge is 0.545 e. The van der Waals surface area contributed by atoms with Crippen molar-refractivity contribution in [3.8, 4) is 0 Å². The molecule has 0 unspecified atom stereocenters. The first-order valence-electron chi connectivity index (χ1n) is 3.18. The minimum atomic E-state index is -1.16. The number of carboxylic acids is 1. The van der Waals surface area contributed by atoms with Gasteiger partial charge in [-0.05, 0) is 17.2 Å². The van der Waals surface area contributed by atoms with Crippen molar-refractivity contribution >= 4 is 12.0 Å². The Balaban J connectivity index is 0.00000121. The minimum Gasteiger partial charge on any atom is -0.545 e. The number of benzene rings is 1. The fourth-order valence-electron chi connectivity index (χ4n) is 0.793. The Bertz CT molecular complexity index is 294. The van der Waals surface area contributed by atoms with Crippen LogP contribution in [0.2, 0.25) is 0 Å². The summed E-state index contributed by atoms with van der Waals surface area (Å²) < 4.78 is 0. The molecule has 0 aliphatic carbocycles. The molecule has 0 atom stereocenters. The molecule has 1 aromatic rings. The first-order valence-corrected chi connectivity index (χ1v) is 3.18. The van der Waals surface area contributed by atoms with Crippen molar-refractivity contribution in [3.63, 3.8) is 0 Å².